The number of ether oxygens (including phenoxy) is 3. The maximum absolute atomic E-state index is 13.5. The van der Waals surface area contributed by atoms with Crippen molar-refractivity contribution in [1.29, 1.82) is 0 Å². The molecule has 0 bridgehead atoms. The van der Waals surface area contributed by atoms with E-state index < -0.39 is 49.7 Å². The van der Waals surface area contributed by atoms with Crippen LogP contribution in [0.4, 0.5) is 4.79 Å². The Morgan fingerprint density at radius 2 is 1.50 bits per heavy atom. The lowest BCUT2D eigenvalue weighted by Crippen LogP contribution is -2.53. The summed E-state index contributed by atoms with van der Waals surface area (Å²) in [5.41, 5.74) is 0.682. The molecule has 0 aliphatic heterocycles. The number of hydrogen-bond acceptors (Lipinski definition) is 8. The van der Waals surface area contributed by atoms with Crippen LogP contribution in [-0.4, -0.2) is 61.4 Å². The first kappa shape index (κ1) is 34.3. The zero-order chi connectivity index (χ0) is 31.3. The van der Waals surface area contributed by atoms with Crippen molar-refractivity contribution in [2.75, 3.05) is 6.61 Å². The fourth-order valence-electron chi connectivity index (χ4n) is 3.68. The van der Waals surface area contributed by atoms with Crippen LogP contribution in [0.2, 0.25) is 25.7 Å². The number of amides is 2. The second-order valence-electron chi connectivity index (χ2n) is 12.3. The monoisotopic (exact) mass is 600 g/mol. The van der Waals surface area contributed by atoms with Crippen LogP contribution in [0.25, 0.3) is 0 Å². The van der Waals surface area contributed by atoms with Gasteiger partial charge in [0.1, 0.15) is 30.0 Å². The van der Waals surface area contributed by atoms with E-state index >= 15 is 0 Å². The topological polar surface area (TPSA) is 140 Å². The van der Waals surface area contributed by atoms with Crippen LogP contribution in [0.15, 0.2) is 54.6 Å². The molecule has 2 rings (SSSR count). The molecule has 3 N–H and O–H groups in total. The number of carbonyl (C=O) groups is 4. The fraction of sp³-hybridized carbons (Fsp3) is 0.484. The highest BCUT2D eigenvalue weighted by molar-refractivity contribution is 6.76. The minimum absolute atomic E-state index is 0.0521. The number of benzene rings is 2. The predicted molar refractivity (Wildman–Crippen MR) is 161 cm³/mol. The molecule has 2 amide bonds. The summed E-state index contributed by atoms with van der Waals surface area (Å²) in [6.45, 7) is 11.8. The predicted octanol–water partition coefficient (Wildman–Crippen LogP) is 4.72. The van der Waals surface area contributed by atoms with Gasteiger partial charge in [0.15, 0.2) is 0 Å². The molecule has 2 aromatic rings. The lowest BCUT2D eigenvalue weighted by Gasteiger charge is -2.25. The van der Waals surface area contributed by atoms with E-state index in [1.165, 1.54) is 12.1 Å². The number of rotatable bonds is 14. The highest BCUT2D eigenvalue weighted by Gasteiger charge is 2.30. The minimum atomic E-state index is -1.49. The van der Waals surface area contributed by atoms with Crippen molar-refractivity contribution < 1.29 is 38.5 Å². The number of aromatic hydroxyl groups is 1. The number of carbonyl (C=O) groups excluding carboxylic acids is 4. The Labute approximate surface area is 249 Å². The summed E-state index contributed by atoms with van der Waals surface area (Å²) in [7, 11) is -1.49. The summed E-state index contributed by atoms with van der Waals surface area (Å²) in [6, 6.07) is 13.9. The molecule has 0 aromatic heterocycles. The summed E-state index contributed by atoms with van der Waals surface area (Å²) in [6.07, 6.45) is -0.936. The van der Waals surface area contributed by atoms with Crippen molar-refractivity contribution in [3.05, 3.63) is 65.7 Å². The fourth-order valence-corrected chi connectivity index (χ4v) is 4.39. The van der Waals surface area contributed by atoms with Gasteiger partial charge in [-0.1, -0.05) is 62.1 Å². The van der Waals surface area contributed by atoms with E-state index in [9.17, 15) is 24.3 Å². The lowest BCUT2D eigenvalue weighted by atomic mass is 10.0. The van der Waals surface area contributed by atoms with E-state index in [1.807, 2.05) is 30.3 Å². The van der Waals surface area contributed by atoms with Gasteiger partial charge in [-0.25, -0.2) is 9.59 Å². The molecular formula is C31H44N2O8Si. The van der Waals surface area contributed by atoms with E-state index in [0.29, 0.717) is 5.56 Å². The molecule has 0 aliphatic rings. The SMILES string of the molecule is CC(C)(C)OC(=O)N[C@@H](Cc1ccc(O)cc1)C(=O)N[C@@H](CCC(=O)OCc1ccccc1)C(=O)OCC[Si](C)(C)C. The van der Waals surface area contributed by atoms with E-state index in [4.69, 9.17) is 14.2 Å². The Bertz CT molecular complexity index is 1170. The van der Waals surface area contributed by atoms with Crippen molar-refractivity contribution in [3.63, 3.8) is 0 Å². The molecule has 0 aliphatic carbocycles. The van der Waals surface area contributed by atoms with Crippen LogP contribution in [-0.2, 0) is 41.6 Å². The van der Waals surface area contributed by atoms with E-state index in [0.717, 1.165) is 11.6 Å². The van der Waals surface area contributed by atoms with Gasteiger partial charge in [0.2, 0.25) is 5.91 Å². The molecule has 2 aromatic carbocycles. The van der Waals surface area contributed by atoms with Crippen LogP contribution >= 0.6 is 0 Å². The summed E-state index contributed by atoms with van der Waals surface area (Å²) < 4.78 is 16.2. The standard InChI is InChI=1S/C31H44N2O8Si/c1-31(2,3)41-30(38)33-26(20-22-12-14-24(34)15-13-22)28(36)32-25(29(37)39-18-19-42(4,5)6)16-17-27(35)40-21-23-10-8-7-9-11-23/h7-15,25-26,34H,16-21H2,1-6H3,(H,32,36)(H,33,38)/t25-,26-/m0/s1. The molecule has 42 heavy (non-hydrogen) atoms. The molecule has 0 saturated heterocycles. The molecule has 0 fully saturated rings. The Balaban J connectivity index is 2.15. The Morgan fingerprint density at radius 3 is 2.10 bits per heavy atom. The zero-order valence-electron chi connectivity index (χ0n) is 25.4. The van der Waals surface area contributed by atoms with Gasteiger partial charge >= 0.3 is 18.0 Å². The third kappa shape index (κ3) is 14.2. The maximum atomic E-state index is 13.5. The smallest absolute Gasteiger partial charge is 0.408 e. The van der Waals surface area contributed by atoms with E-state index in [1.54, 1.807) is 32.9 Å². The van der Waals surface area contributed by atoms with Crippen molar-refractivity contribution >= 4 is 32.0 Å². The van der Waals surface area contributed by atoms with Gasteiger partial charge in [-0.3, -0.25) is 9.59 Å². The normalized spacial score (nSPS) is 12.9. The van der Waals surface area contributed by atoms with Gasteiger partial charge in [0.25, 0.3) is 0 Å². The minimum Gasteiger partial charge on any atom is -0.508 e. The average Bonchev–Trinajstić information content (AvgIpc) is 2.89. The van der Waals surface area contributed by atoms with Gasteiger partial charge in [-0.05, 0) is 56.5 Å². The Morgan fingerprint density at radius 1 is 0.857 bits per heavy atom. The van der Waals surface area contributed by atoms with Crippen LogP contribution in [0.3, 0.4) is 0 Å². The summed E-state index contributed by atoms with van der Waals surface area (Å²) in [5.74, 6) is -1.79. The van der Waals surface area contributed by atoms with Crippen molar-refractivity contribution in [1.82, 2.24) is 10.6 Å². The van der Waals surface area contributed by atoms with Gasteiger partial charge in [0, 0.05) is 20.9 Å². The van der Waals surface area contributed by atoms with E-state index in [2.05, 4.69) is 30.3 Å². The van der Waals surface area contributed by atoms with Crippen LogP contribution in [0.5, 0.6) is 5.75 Å². The first-order chi connectivity index (χ1) is 19.6. The van der Waals surface area contributed by atoms with E-state index in [-0.39, 0.29) is 38.2 Å². The third-order valence-corrected chi connectivity index (χ3v) is 7.66. The number of phenolic OH excluding ortho intramolecular Hbond substituents is 1. The van der Waals surface area contributed by atoms with Gasteiger partial charge in [0.05, 0.1) is 6.61 Å². The highest BCUT2D eigenvalue weighted by Crippen LogP contribution is 2.14. The third-order valence-electron chi connectivity index (χ3n) is 5.96. The number of phenols is 1. The van der Waals surface area contributed by atoms with Gasteiger partial charge < -0.3 is 30.0 Å². The molecule has 2 atom stereocenters. The number of nitrogens with one attached hydrogen (secondary N) is 2. The van der Waals surface area contributed by atoms with Crippen LogP contribution in [0, 0.1) is 0 Å². The molecule has 230 valence electrons. The average molecular weight is 601 g/mol. The van der Waals surface area contributed by atoms with Crippen molar-refractivity contribution in [2.24, 2.45) is 0 Å². The molecule has 0 unspecified atom stereocenters. The zero-order valence-corrected chi connectivity index (χ0v) is 26.4. The van der Waals surface area contributed by atoms with Crippen molar-refractivity contribution in [2.45, 2.75) is 90.0 Å². The number of esters is 2. The second-order valence-corrected chi connectivity index (χ2v) is 17.9. The number of hydrogen-bond donors (Lipinski definition) is 3. The molecule has 0 spiro atoms. The Hall–Kier alpha value is -3.86. The van der Waals surface area contributed by atoms with Gasteiger partial charge in [-0.2, -0.15) is 0 Å². The maximum Gasteiger partial charge on any atom is 0.408 e. The Kier molecular flexibility index (Phi) is 13.0. The van der Waals surface area contributed by atoms with Gasteiger partial charge in [-0.15, -0.1) is 0 Å². The number of alkyl carbamates (subject to hydrolysis) is 1. The quantitative estimate of drug-likeness (QED) is 0.161. The highest BCUT2D eigenvalue weighted by atomic mass is 28.3. The molecule has 10 nitrogen and oxygen atoms in total. The molecule has 0 radical (unpaired) electrons. The summed E-state index contributed by atoms with van der Waals surface area (Å²) in [5, 5.41) is 14.9. The summed E-state index contributed by atoms with van der Waals surface area (Å²) >= 11 is 0. The molecule has 11 heteroatoms. The lowest BCUT2D eigenvalue weighted by molar-refractivity contribution is -0.149. The second kappa shape index (κ2) is 16.0. The first-order valence-electron chi connectivity index (χ1n) is 14.1. The first-order valence-corrected chi connectivity index (χ1v) is 17.8. The summed E-state index contributed by atoms with van der Waals surface area (Å²) in [4.78, 5) is 51.6. The largest absolute Gasteiger partial charge is 0.508 e. The molecule has 0 saturated carbocycles. The molecular weight excluding hydrogens is 556 g/mol. The van der Waals surface area contributed by atoms with Crippen molar-refractivity contribution in [3.8, 4) is 5.75 Å². The van der Waals surface area contributed by atoms with Crippen LogP contribution < -0.4 is 10.6 Å². The van der Waals surface area contributed by atoms with Crippen LogP contribution in [0.1, 0.15) is 44.7 Å². The molecule has 0 heterocycles.